The van der Waals surface area contributed by atoms with Gasteiger partial charge in [-0.1, -0.05) is 6.07 Å². The van der Waals surface area contributed by atoms with Gasteiger partial charge in [0, 0.05) is 18.9 Å². The van der Waals surface area contributed by atoms with Crippen molar-refractivity contribution < 1.29 is 18.8 Å². The van der Waals surface area contributed by atoms with Gasteiger partial charge in [-0.05, 0) is 30.5 Å². The third-order valence-corrected chi connectivity index (χ3v) is 6.18. The van der Waals surface area contributed by atoms with Crippen molar-refractivity contribution in [2.24, 2.45) is 0 Å². The highest BCUT2D eigenvalue weighted by atomic mass is 32.1. The number of hydrogen-bond acceptors (Lipinski definition) is 6. The van der Waals surface area contributed by atoms with E-state index in [0.29, 0.717) is 17.8 Å². The fourth-order valence-electron chi connectivity index (χ4n) is 3.92. The molecule has 1 fully saturated rings. The van der Waals surface area contributed by atoms with Crippen LogP contribution in [0.4, 0.5) is 0 Å². The van der Waals surface area contributed by atoms with E-state index in [0.717, 1.165) is 35.8 Å². The van der Waals surface area contributed by atoms with Crippen LogP contribution in [0.5, 0.6) is 11.5 Å². The molecule has 0 bridgehead atoms. The Morgan fingerprint density at radius 2 is 2.11 bits per heavy atom. The molecule has 0 saturated carbocycles. The summed E-state index contributed by atoms with van der Waals surface area (Å²) < 4.78 is 17.0. The summed E-state index contributed by atoms with van der Waals surface area (Å²) in [5.74, 6) is 2.97. The third-order valence-electron chi connectivity index (χ3n) is 5.32. The smallest absolute Gasteiger partial charge is 0.274 e. The van der Waals surface area contributed by atoms with E-state index in [1.165, 1.54) is 10.5 Å². The van der Waals surface area contributed by atoms with Gasteiger partial charge < -0.3 is 18.8 Å². The van der Waals surface area contributed by atoms with Gasteiger partial charge in [-0.15, -0.1) is 21.5 Å². The van der Waals surface area contributed by atoms with Crippen LogP contribution in [0.3, 0.4) is 0 Å². The van der Waals surface area contributed by atoms with Crippen LogP contribution in [0.15, 0.2) is 40.1 Å². The molecule has 1 aliphatic heterocycles. The SMILES string of the molecule is COc1ccc([C@H]2CCC[NH+]2[C@H](C)c2nnc(-c3cccs3)o2)c(OC)c1. The van der Waals surface area contributed by atoms with Crippen molar-refractivity contribution in [3.05, 3.63) is 47.2 Å². The van der Waals surface area contributed by atoms with Crippen LogP contribution in [-0.2, 0) is 0 Å². The van der Waals surface area contributed by atoms with E-state index < -0.39 is 0 Å². The van der Waals surface area contributed by atoms with Gasteiger partial charge in [-0.25, -0.2) is 0 Å². The van der Waals surface area contributed by atoms with Crippen molar-refractivity contribution in [1.82, 2.24) is 10.2 Å². The molecule has 1 saturated heterocycles. The van der Waals surface area contributed by atoms with Crippen LogP contribution in [0.2, 0.25) is 0 Å². The quantitative estimate of drug-likeness (QED) is 0.704. The Kier molecular flexibility index (Phi) is 5.13. The van der Waals surface area contributed by atoms with Gasteiger partial charge >= 0.3 is 0 Å². The molecule has 27 heavy (non-hydrogen) atoms. The highest BCUT2D eigenvalue weighted by molar-refractivity contribution is 7.13. The van der Waals surface area contributed by atoms with Crippen molar-refractivity contribution in [2.45, 2.75) is 31.8 Å². The molecule has 0 aliphatic carbocycles. The topological polar surface area (TPSA) is 61.8 Å². The number of thiophene rings is 1. The molecule has 1 aromatic carbocycles. The Labute approximate surface area is 162 Å². The summed E-state index contributed by atoms with van der Waals surface area (Å²) in [4.78, 5) is 2.44. The standard InChI is InChI=1S/C20H23N3O3S/c1-13(19-21-22-20(26-19)18-7-5-11-27-18)23-10-4-6-16(23)15-9-8-14(24-2)12-17(15)25-3/h5,7-9,11-13,16H,4,6,10H2,1-3H3/p+1/t13-,16-/m1/s1. The second-order valence-electron chi connectivity index (χ2n) is 6.77. The summed E-state index contributed by atoms with van der Waals surface area (Å²) in [6.07, 6.45) is 2.26. The lowest BCUT2D eigenvalue weighted by Gasteiger charge is -2.27. The van der Waals surface area contributed by atoms with Crippen molar-refractivity contribution in [3.63, 3.8) is 0 Å². The van der Waals surface area contributed by atoms with Gasteiger partial charge in [0.1, 0.15) is 17.5 Å². The Morgan fingerprint density at radius 3 is 2.85 bits per heavy atom. The number of hydrogen-bond donors (Lipinski definition) is 1. The third kappa shape index (κ3) is 3.44. The number of aromatic nitrogens is 2. The van der Waals surface area contributed by atoms with Crippen molar-refractivity contribution >= 4 is 11.3 Å². The predicted molar refractivity (Wildman–Crippen MR) is 103 cm³/mol. The first kappa shape index (κ1) is 18.0. The van der Waals surface area contributed by atoms with Crippen LogP contribution >= 0.6 is 11.3 Å². The van der Waals surface area contributed by atoms with E-state index in [1.54, 1.807) is 25.6 Å². The molecule has 6 nitrogen and oxygen atoms in total. The van der Waals surface area contributed by atoms with E-state index in [-0.39, 0.29) is 6.04 Å². The zero-order valence-electron chi connectivity index (χ0n) is 15.8. The molecule has 0 amide bonds. The number of ether oxygens (including phenoxy) is 2. The minimum atomic E-state index is 0.116. The number of nitrogens with one attached hydrogen (secondary N) is 1. The largest absolute Gasteiger partial charge is 0.497 e. The lowest BCUT2D eigenvalue weighted by atomic mass is 10.0. The minimum absolute atomic E-state index is 0.116. The molecule has 3 atom stereocenters. The first-order chi connectivity index (χ1) is 13.2. The lowest BCUT2D eigenvalue weighted by Crippen LogP contribution is -3.10. The number of quaternary nitrogens is 1. The summed E-state index contributed by atoms with van der Waals surface area (Å²) in [6.45, 7) is 3.23. The van der Waals surface area contributed by atoms with E-state index >= 15 is 0 Å². The first-order valence-electron chi connectivity index (χ1n) is 9.16. The summed E-state index contributed by atoms with van der Waals surface area (Å²) in [7, 11) is 3.38. The molecule has 3 aromatic rings. The molecule has 7 heteroatoms. The summed E-state index contributed by atoms with van der Waals surface area (Å²) in [5, 5.41) is 10.6. The molecule has 0 radical (unpaired) electrons. The lowest BCUT2D eigenvalue weighted by molar-refractivity contribution is -0.948. The van der Waals surface area contributed by atoms with Crippen LogP contribution in [-0.4, -0.2) is 31.0 Å². The van der Waals surface area contributed by atoms with E-state index in [4.69, 9.17) is 13.9 Å². The average molecular weight is 386 g/mol. The molecule has 1 unspecified atom stereocenters. The molecule has 1 aliphatic rings. The Bertz CT molecular complexity index is 894. The van der Waals surface area contributed by atoms with Crippen molar-refractivity contribution in [3.8, 4) is 22.3 Å². The first-order valence-corrected chi connectivity index (χ1v) is 10.0. The van der Waals surface area contributed by atoms with Gasteiger partial charge in [-0.2, -0.15) is 0 Å². The monoisotopic (exact) mass is 386 g/mol. The number of likely N-dealkylation sites (tertiary alicyclic amines) is 1. The Morgan fingerprint density at radius 1 is 1.22 bits per heavy atom. The van der Waals surface area contributed by atoms with Gasteiger partial charge in [0.25, 0.3) is 11.8 Å². The maximum absolute atomic E-state index is 6.00. The molecule has 0 spiro atoms. The van der Waals surface area contributed by atoms with E-state index in [1.807, 2.05) is 29.6 Å². The molecule has 4 rings (SSSR count). The molecule has 3 heterocycles. The van der Waals surface area contributed by atoms with E-state index in [9.17, 15) is 0 Å². The summed E-state index contributed by atoms with van der Waals surface area (Å²) in [6, 6.07) is 10.5. The number of methoxy groups -OCH3 is 2. The Balaban J connectivity index is 1.60. The zero-order chi connectivity index (χ0) is 18.8. The highest BCUT2D eigenvalue weighted by Crippen LogP contribution is 2.33. The molecular formula is C20H24N3O3S+. The van der Waals surface area contributed by atoms with Crippen LogP contribution in [0.25, 0.3) is 10.8 Å². The van der Waals surface area contributed by atoms with Crippen molar-refractivity contribution in [1.29, 1.82) is 0 Å². The van der Waals surface area contributed by atoms with Crippen LogP contribution in [0.1, 0.15) is 43.3 Å². The number of nitrogens with zero attached hydrogens (tertiary/aromatic N) is 2. The van der Waals surface area contributed by atoms with Gasteiger partial charge in [-0.3, -0.25) is 0 Å². The van der Waals surface area contributed by atoms with Crippen molar-refractivity contribution in [2.75, 3.05) is 20.8 Å². The maximum atomic E-state index is 6.00. The molecular weight excluding hydrogens is 362 g/mol. The maximum Gasteiger partial charge on any atom is 0.274 e. The Hall–Kier alpha value is -2.38. The van der Waals surface area contributed by atoms with Gasteiger partial charge in [0.15, 0.2) is 6.04 Å². The normalized spacial score (nSPS) is 20.6. The van der Waals surface area contributed by atoms with E-state index in [2.05, 4.69) is 23.2 Å². The number of benzene rings is 1. The fraction of sp³-hybridized carbons (Fsp3) is 0.400. The van der Waals surface area contributed by atoms with Gasteiger partial charge in [0.2, 0.25) is 0 Å². The minimum Gasteiger partial charge on any atom is -0.497 e. The molecule has 142 valence electrons. The molecule has 1 N–H and O–H groups in total. The van der Waals surface area contributed by atoms with Gasteiger partial charge in [0.05, 0.1) is 31.2 Å². The predicted octanol–water partition coefficient (Wildman–Crippen LogP) is 3.30. The van der Waals surface area contributed by atoms with Crippen LogP contribution in [0, 0.1) is 0 Å². The molecule has 2 aromatic heterocycles. The zero-order valence-corrected chi connectivity index (χ0v) is 16.6. The summed E-state index contributed by atoms with van der Waals surface area (Å²) >= 11 is 1.61. The highest BCUT2D eigenvalue weighted by Gasteiger charge is 2.38. The fourth-order valence-corrected chi connectivity index (χ4v) is 4.56. The second-order valence-corrected chi connectivity index (χ2v) is 7.72. The second kappa shape index (κ2) is 7.70. The van der Waals surface area contributed by atoms with Crippen LogP contribution < -0.4 is 14.4 Å². The average Bonchev–Trinajstić information content (AvgIpc) is 3.47. The summed E-state index contributed by atoms with van der Waals surface area (Å²) in [5.41, 5.74) is 1.20. The number of rotatable bonds is 6.